The third kappa shape index (κ3) is 5.56. The monoisotopic (exact) mass is 261 g/mol. The predicted molar refractivity (Wildman–Crippen MR) is 73.3 cm³/mol. The van der Waals surface area contributed by atoms with Crippen LogP contribution >= 0.6 is 0 Å². The minimum atomic E-state index is -0.451. The number of methoxy groups -OCH3 is 1. The van der Waals surface area contributed by atoms with Crippen molar-refractivity contribution in [1.82, 2.24) is 5.32 Å². The van der Waals surface area contributed by atoms with Crippen LogP contribution in [0.2, 0.25) is 0 Å². The number of amides is 1. The zero-order valence-electron chi connectivity index (χ0n) is 11.3. The Labute approximate surface area is 113 Å². The van der Waals surface area contributed by atoms with Gasteiger partial charge < -0.3 is 15.2 Å². The number of benzene rings is 1. The lowest BCUT2D eigenvalue weighted by atomic mass is 10.1. The number of ether oxygens (including phenoxy) is 1. The van der Waals surface area contributed by atoms with Gasteiger partial charge in [0.1, 0.15) is 6.10 Å². The Hall–Kier alpha value is -1.83. The van der Waals surface area contributed by atoms with E-state index in [9.17, 15) is 4.79 Å². The smallest absolute Gasteiger partial charge is 0.249 e. The summed E-state index contributed by atoms with van der Waals surface area (Å²) < 4.78 is 4.93. The first-order chi connectivity index (χ1) is 9.17. The molecule has 1 atom stereocenters. The van der Waals surface area contributed by atoms with Gasteiger partial charge in [-0.15, -0.1) is 0 Å². The lowest BCUT2D eigenvalue weighted by Crippen LogP contribution is -2.33. The van der Waals surface area contributed by atoms with Gasteiger partial charge in [0.25, 0.3) is 0 Å². The highest BCUT2D eigenvalue weighted by Gasteiger charge is 2.10. The predicted octanol–water partition coefficient (Wildman–Crippen LogP) is 1.07. The van der Waals surface area contributed by atoms with Crippen LogP contribution in [0, 0.1) is 11.8 Å². The highest BCUT2D eigenvalue weighted by Crippen LogP contribution is 2.04. The third-order valence-electron chi connectivity index (χ3n) is 2.59. The van der Waals surface area contributed by atoms with Crippen LogP contribution in [0.1, 0.15) is 24.5 Å². The van der Waals surface area contributed by atoms with Crippen LogP contribution in [0.4, 0.5) is 0 Å². The summed E-state index contributed by atoms with van der Waals surface area (Å²) in [4.78, 5) is 11.6. The maximum atomic E-state index is 11.6. The fourth-order valence-corrected chi connectivity index (χ4v) is 1.42. The van der Waals surface area contributed by atoms with E-state index >= 15 is 0 Å². The first-order valence-electron chi connectivity index (χ1n) is 6.16. The van der Waals surface area contributed by atoms with Crippen molar-refractivity contribution in [3.05, 3.63) is 35.4 Å². The first kappa shape index (κ1) is 15.2. The van der Waals surface area contributed by atoms with Crippen LogP contribution in [0.5, 0.6) is 0 Å². The van der Waals surface area contributed by atoms with Crippen molar-refractivity contribution in [2.75, 3.05) is 13.7 Å². The highest BCUT2D eigenvalue weighted by atomic mass is 16.5. The molecule has 0 aliphatic rings. The quantitative estimate of drug-likeness (QED) is 0.780. The molecule has 102 valence electrons. The van der Waals surface area contributed by atoms with E-state index in [0.29, 0.717) is 13.0 Å². The van der Waals surface area contributed by atoms with E-state index < -0.39 is 6.10 Å². The zero-order chi connectivity index (χ0) is 14.1. The maximum Gasteiger partial charge on any atom is 0.249 e. The molecule has 1 rings (SSSR count). The van der Waals surface area contributed by atoms with Crippen LogP contribution in [0.25, 0.3) is 0 Å². The second-order valence-corrected chi connectivity index (χ2v) is 4.07. The van der Waals surface area contributed by atoms with Gasteiger partial charge in [-0.25, -0.2) is 0 Å². The fourth-order valence-electron chi connectivity index (χ4n) is 1.42. The van der Waals surface area contributed by atoms with E-state index in [0.717, 1.165) is 11.1 Å². The van der Waals surface area contributed by atoms with Gasteiger partial charge in [-0.1, -0.05) is 24.0 Å². The molecule has 4 nitrogen and oxygen atoms in total. The van der Waals surface area contributed by atoms with Crippen LogP contribution in [0.3, 0.4) is 0 Å². The van der Waals surface area contributed by atoms with E-state index in [1.165, 1.54) is 7.11 Å². The van der Waals surface area contributed by atoms with E-state index in [1.807, 2.05) is 24.3 Å². The molecule has 2 N–H and O–H groups in total. The molecule has 0 saturated heterocycles. The molecule has 0 bridgehead atoms. The molecule has 1 amide bonds. The van der Waals surface area contributed by atoms with Gasteiger partial charge in [0.2, 0.25) is 5.91 Å². The Kier molecular flexibility index (Phi) is 6.65. The standard InChI is InChI=1S/C15H19NO3/c1-12(19-2)15(18)16-11-14-8-5-7-13(10-14)6-3-4-9-17/h5,7-8,10,12,17H,4,9,11H2,1-2H3,(H,16,18). The SMILES string of the molecule is COC(C)C(=O)NCc1cccc(C#CCCO)c1. The molecular weight excluding hydrogens is 242 g/mol. The number of rotatable bonds is 5. The summed E-state index contributed by atoms with van der Waals surface area (Å²) in [5, 5.41) is 11.4. The van der Waals surface area contributed by atoms with Crippen molar-refractivity contribution in [3.63, 3.8) is 0 Å². The molecule has 1 aromatic rings. The molecule has 0 spiro atoms. The van der Waals surface area contributed by atoms with Crippen molar-refractivity contribution in [1.29, 1.82) is 0 Å². The number of hydrogen-bond donors (Lipinski definition) is 2. The Morgan fingerprint density at radius 3 is 3.00 bits per heavy atom. The van der Waals surface area contributed by atoms with Crippen molar-refractivity contribution in [3.8, 4) is 11.8 Å². The largest absolute Gasteiger partial charge is 0.395 e. The number of aliphatic hydroxyl groups excluding tert-OH is 1. The van der Waals surface area contributed by atoms with Crippen molar-refractivity contribution in [2.24, 2.45) is 0 Å². The van der Waals surface area contributed by atoms with Crippen LogP contribution in [0.15, 0.2) is 24.3 Å². The maximum absolute atomic E-state index is 11.6. The lowest BCUT2D eigenvalue weighted by Gasteiger charge is -2.10. The summed E-state index contributed by atoms with van der Waals surface area (Å²) >= 11 is 0. The highest BCUT2D eigenvalue weighted by molar-refractivity contribution is 5.80. The molecule has 0 aromatic heterocycles. The minimum Gasteiger partial charge on any atom is -0.395 e. The first-order valence-corrected chi connectivity index (χ1v) is 6.16. The van der Waals surface area contributed by atoms with Gasteiger partial charge in [0.15, 0.2) is 0 Å². The molecule has 0 aliphatic heterocycles. The Morgan fingerprint density at radius 2 is 2.32 bits per heavy atom. The Bertz CT molecular complexity index is 474. The fraction of sp³-hybridized carbons (Fsp3) is 0.400. The second-order valence-electron chi connectivity index (χ2n) is 4.07. The molecule has 0 fully saturated rings. The summed E-state index contributed by atoms with van der Waals surface area (Å²) in [5.74, 6) is 5.68. The van der Waals surface area contributed by atoms with E-state index in [4.69, 9.17) is 9.84 Å². The van der Waals surface area contributed by atoms with Crippen LogP contribution in [-0.4, -0.2) is 30.8 Å². The molecule has 19 heavy (non-hydrogen) atoms. The van der Waals surface area contributed by atoms with E-state index in [-0.39, 0.29) is 12.5 Å². The number of carbonyl (C=O) groups excluding carboxylic acids is 1. The van der Waals surface area contributed by atoms with Gasteiger partial charge >= 0.3 is 0 Å². The minimum absolute atomic E-state index is 0.0671. The average molecular weight is 261 g/mol. The molecule has 0 aliphatic carbocycles. The van der Waals surface area contributed by atoms with Gasteiger partial charge in [0.05, 0.1) is 6.61 Å². The second kappa shape index (κ2) is 8.30. The summed E-state index contributed by atoms with van der Waals surface area (Å²) in [7, 11) is 1.50. The van der Waals surface area contributed by atoms with E-state index in [1.54, 1.807) is 6.92 Å². The molecule has 4 heteroatoms. The van der Waals surface area contributed by atoms with Gasteiger partial charge in [-0.05, 0) is 24.6 Å². The average Bonchev–Trinajstić information content (AvgIpc) is 2.44. The zero-order valence-corrected chi connectivity index (χ0v) is 11.3. The number of nitrogens with one attached hydrogen (secondary N) is 1. The third-order valence-corrected chi connectivity index (χ3v) is 2.59. The van der Waals surface area contributed by atoms with E-state index in [2.05, 4.69) is 17.2 Å². The summed E-state index contributed by atoms with van der Waals surface area (Å²) in [5.41, 5.74) is 1.85. The number of carbonyl (C=O) groups is 1. The van der Waals surface area contributed by atoms with Gasteiger partial charge in [0, 0.05) is 25.6 Å². The van der Waals surface area contributed by atoms with Crippen LogP contribution in [-0.2, 0) is 16.1 Å². The van der Waals surface area contributed by atoms with Crippen molar-refractivity contribution in [2.45, 2.75) is 26.0 Å². The van der Waals surface area contributed by atoms with Gasteiger partial charge in [-0.3, -0.25) is 4.79 Å². The molecule has 1 aromatic carbocycles. The Balaban J connectivity index is 2.58. The lowest BCUT2D eigenvalue weighted by molar-refractivity contribution is -0.130. The number of aliphatic hydroxyl groups is 1. The Morgan fingerprint density at radius 1 is 1.53 bits per heavy atom. The summed E-state index contributed by atoms with van der Waals surface area (Å²) in [6, 6.07) is 7.63. The topological polar surface area (TPSA) is 58.6 Å². The molecule has 1 unspecified atom stereocenters. The van der Waals surface area contributed by atoms with Crippen molar-refractivity contribution >= 4 is 5.91 Å². The molecule has 0 saturated carbocycles. The van der Waals surface area contributed by atoms with Crippen molar-refractivity contribution < 1.29 is 14.6 Å². The van der Waals surface area contributed by atoms with Gasteiger partial charge in [-0.2, -0.15) is 0 Å². The normalized spacial score (nSPS) is 11.3. The molecule has 0 radical (unpaired) electrons. The molecule has 0 heterocycles. The number of hydrogen-bond acceptors (Lipinski definition) is 3. The van der Waals surface area contributed by atoms with Crippen LogP contribution < -0.4 is 5.32 Å². The molecular formula is C15H19NO3. The summed E-state index contributed by atoms with van der Waals surface area (Å²) in [6.07, 6.45) is 0.0132. The summed E-state index contributed by atoms with van der Waals surface area (Å²) in [6.45, 7) is 2.21.